The summed E-state index contributed by atoms with van der Waals surface area (Å²) in [4.78, 5) is 23.3. The Morgan fingerprint density at radius 1 is 1.20 bits per heavy atom. The summed E-state index contributed by atoms with van der Waals surface area (Å²) < 4.78 is 1.00. The molecule has 0 spiro atoms. The Morgan fingerprint density at radius 2 is 1.80 bits per heavy atom. The molecule has 20 heavy (non-hydrogen) atoms. The van der Waals surface area contributed by atoms with Crippen molar-refractivity contribution in [1.82, 2.24) is 10.6 Å². The maximum atomic E-state index is 11.8. The lowest BCUT2D eigenvalue weighted by Crippen LogP contribution is -2.39. The molecule has 0 aliphatic carbocycles. The van der Waals surface area contributed by atoms with E-state index in [2.05, 4.69) is 26.6 Å². The summed E-state index contributed by atoms with van der Waals surface area (Å²) >= 11 is 3.37. The van der Waals surface area contributed by atoms with Crippen molar-refractivity contribution in [1.29, 1.82) is 0 Å². The Hall–Kier alpha value is -1.36. The number of halogens is 1. The fraction of sp³-hybridized carbons (Fsp3) is 0.467. The van der Waals surface area contributed by atoms with Crippen LogP contribution in [0.1, 0.15) is 38.8 Å². The van der Waals surface area contributed by atoms with Gasteiger partial charge in [0.1, 0.15) is 0 Å². The first-order chi connectivity index (χ1) is 9.43. The molecule has 0 saturated heterocycles. The standard InChI is InChI=1S/C15H21BrN2O2/c1-4-10(2)15(20)17-9-14(19)18-11(3)12-5-7-13(16)8-6-12/h5-8,10-11H,4,9H2,1-3H3,(H,17,20)(H,18,19)/t10-,11+/m0/s1. The van der Waals surface area contributed by atoms with Crippen LogP contribution in [0.3, 0.4) is 0 Å². The summed E-state index contributed by atoms with van der Waals surface area (Å²) in [5, 5.41) is 5.50. The van der Waals surface area contributed by atoms with Crippen LogP contribution in [0.2, 0.25) is 0 Å². The smallest absolute Gasteiger partial charge is 0.239 e. The van der Waals surface area contributed by atoms with Gasteiger partial charge in [-0.3, -0.25) is 9.59 Å². The number of carbonyl (C=O) groups is 2. The van der Waals surface area contributed by atoms with E-state index in [4.69, 9.17) is 0 Å². The normalized spacial score (nSPS) is 13.4. The van der Waals surface area contributed by atoms with Crippen LogP contribution in [-0.2, 0) is 9.59 Å². The predicted octanol–water partition coefficient (Wildman–Crippen LogP) is 2.79. The van der Waals surface area contributed by atoms with Crippen molar-refractivity contribution in [2.24, 2.45) is 5.92 Å². The quantitative estimate of drug-likeness (QED) is 0.836. The average Bonchev–Trinajstić information content (AvgIpc) is 2.44. The van der Waals surface area contributed by atoms with Crippen LogP contribution in [0.25, 0.3) is 0 Å². The zero-order valence-electron chi connectivity index (χ0n) is 12.1. The molecule has 2 amide bonds. The molecule has 0 bridgehead atoms. The van der Waals surface area contributed by atoms with Gasteiger partial charge >= 0.3 is 0 Å². The molecule has 0 heterocycles. The van der Waals surface area contributed by atoms with Crippen LogP contribution in [0.15, 0.2) is 28.7 Å². The van der Waals surface area contributed by atoms with Crippen LogP contribution >= 0.6 is 15.9 Å². The highest BCUT2D eigenvalue weighted by Gasteiger charge is 2.13. The van der Waals surface area contributed by atoms with Gasteiger partial charge in [-0.05, 0) is 31.0 Å². The minimum Gasteiger partial charge on any atom is -0.348 e. The first kappa shape index (κ1) is 16.7. The number of carbonyl (C=O) groups excluding carboxylic acids is 2. The van der Waals surface area contributed by atoms with E-state index in [0.29, 0.717) is 0 Å². The number of hydrogen-bond donors (Lipinski definition) is 2. The van der Waals surface area contributed by atoms with Gasteiger partial charge in [-0.2, -0.15) is 0 Å². The van der Waals surface area contributed by atoms with Crippen LogP contribution in [0, 0.1) is 5.92 Å². The van der Waals surface area contributed by atoms with Gasteiger partial charge in [-0.25, -0.2) is 0 Å². The third-order valence-corrected chi connectivity index (χ3v) is 3.76. The zero-order chi connectivity index (χ0) is 15.1. The number of rotatable bonds is 6. The average molecular weight is 341 g/mol. The lowest BCUT2D eigenvalue weighted by Gasteiger charge is -2.15. The van der Waals surface area contributed by atoms with E-state index >= 15 is 0 Å². The van der Waals surface area contributed by atoms with E-state index < -0.39 is 0 Å². The molecule has 1 rings (SSSR count). The van der Waals surface area contributed by atoms with Crippen molar-refractivity contribution in [3.8, 4) is 0 Å². The van der Waals surface area contributed by atoms with Gasteiger partial charge in [0.15, 0.2) is 0 Å². The van der Waals surface area contributed by atoms with Crippen molar-refractivity contribution >= 4 is 27.7 Å². The van der Waals surface area contributed by atoms with Crippen molar-refractivity contribution in [2.45, 2.75) is 33.2 Å². The fourth-order valence-electron chi connectivity index (χ4n) is 1.65. The maximum Gasteiger partial charge on any atom is 0.239 e. The number of amides is 2. The summed E-state index contributed by atoms with van der Waals surface area (Å²) in [5.41, 5.74) is 1.02. The molecular formula is C15H21BrN2O2. The first-order valence-electron chi connectivity index (χ1n) is 6.76. The summed E-state index contributed by atoms with van der Waals surface area (Å²) in [6, 6.07) is 7.68. The van der Waals surface area contributed by atoms with Crippen LogP contribution in [0.4, 0.5) is 0 Å². The molecule has 0 saturated carbocycles. The Kier molecular flexibility index (Phi) is 6.71. The maximum absolute atomic E-state index is 11.8. The number of nitrogens with one attached hydrogen (secondary N) is 2. The van der Waals surface area contributed by atoms with Gasteiger partial charge in [-0.1, -0.05) is 41.9 Å². The fourth-order valence-corrected chi connectivity index (χ4v) is 1.92. The van der Waals surface area contributed by atoms with E-state index in [1.54, 1.807) is 0 Å². The second-order valence-electron chi connectivity index (χ2n) is 4.87. The SMILES string of the molecule is CC[C@H](C)C(=O)NCC(=O)N[C@H](C)c1ccc(Br)cc1. The molecule has 2 N–H and O–H groups in total. The Labute approximate surface area is 128 Å². The lowest BCUT2D eigenvalue weighted by molar-refractivity contribution is -0.128. The minimum atomic E-state index is -0.183. The van der Waals surface area contributed by atoms with Crippen molar-refractivity contribution in [3.05, 3.63) is 34.3 Å². The van der Waals surface area contributed by atoms with E-state index in [1.165, 1.54) is 0 Å². The molecule has 0 radical (unpaired) electrons. The highest BCUT2D eigenvalue weighted by atomic mass is 79.9. The summed E-state index contributed by atoms with van der Waals surface area (Å²) in [6.07, 6.45) is 0.767. The summed E-state index contributed by atoms with van der Waals surface area (Å²) in [5.74, 6) is -0.331. The third kappa shape index (κ3) is 5.33. The van der Waals surface area contributed by atoms with Crippen LogP contribution in [0.5, 0.6) is 0 Å². The van der Waals surface area contributed by atoms with Crippen LogP contribution in [-0.4, -0.2) is 18.4 Å². The second kappa shape index (κ2) is 8.04. The van der Waals surface area contributed by atoms with Crippen molar-refractivity contribution in [2.75, 3.05) is 6.54 Å². The third-order valence-electron chi connectivity index (χ3n) is 3.23. The number of benzene rings is 1. The highest BCUT2D eigenvalue weighted by Crippen LogP contribution is 2.16. The molecule has 0 aliphatic heterocycles. The Bertz CT molecular complexity index is 459. The molecule has 0 unspecified atom stereocenters. The van der Waals surface area contributed by atoms with Crippen LogP contribution < -0.4 is 10.6 Å². The Balaban J connectivity index is 2.42. The summed E-state index contributed by atoms with van der Waals surface area (Å²) in [6.45, 7) is 5.72. The molecule has 1 aromatic rings. The van der Waals surface area contributed by atoms with E-state index in [-0.39, 0.29) is 30.3 Å². The first-order valence-corrected chi connectivity index (χ1v) is 7.55. The molecule has 2 atom stereocenters. The molecule has 0 aliphatic rings. The summed E-state index contributed by atoms with van der Waals surface area (Å²) in [7, 11) is 0. The van der Waals surface area contributed by atoms with Gasteiger partial charge in [0, 0.05) is 10.4 Å². The number of hydrogen-bond acceptors (Lipinski definition) is 2. The van der Waals surface area contributed by atoms with Gasteiger partial charge in [-0.15, -0.1) is 0 Å². The topological polar surface area (TPSA) is 58.2 Å². The predicted molar refractivity (Wildman–Crippen MR) is 83.2 cm³/mol. The van der Waals surface area contributed by atoms with Crippen molar-refractivity contribution in [3.63, 3.8) is 0 Å². The van der Waals surface area contributed by atoms with Gasteiger partial charge in [0.05, 0.1) is 12.6 Å². The highest BCUT2D eigenvalue weighted by molar-refractivity contribution is 9.10. The molecule has 0 fully saturated rings. The van der Waals surface area contributed by atoms with E-state index in [0.717, 1.165) is 16.5 Å². The minimum absolute atomic E-state index is 0.0179. The van der Waals surface area contributed by atoms with Gasteiger partial charge in [0.25, 0.3) is 0 Å². The van der Waals surface area contributed by atoms with E-state index in [9.17, 15) is 9.59 Å². The van der Waals surface area contributed by atoms with Gasteiger partial charge < -0.3 is 10.6 Å². The molecule has 5 heteroatoms. The second-order valence-corrected chi connectivity index (χ2v) is 5.78. The zero-order valence-corrected chi connectivity index (χ0v) is 13.7. The lowest BCUT2D eigenvalue weighted by atomic mass is 10.1. The van der Waals surface area contributed by atoms with Gasteiger partial charge in [0.2, 0.25) is 11.8 Å². The van der Waals surface area contributed by atoms with E-state index in [1.807, 2.05) is 45.0 Å². The molecule has 0 aromatic heterocycles. The van der Waals surface area contributed by atoms with Crippen molar-refractivity contribution < 1.29 is 9.59 Å². The Morgan fingerprint density at radius 3 is 2.35 bits per heavy atom. The molecular weight excluding hydrogens is 320 g/mol. The molecule has 110 valence electrons. The molecule has 4 nitrogen and oxygen atoms in total. The largest absolute Gasteiger partial charge is 0.348 e. The monoisotopic (exact) mass is 340 g/mol. The molecule has 1 aromatic carbocycles.